The molecule has 0 aliphatic carbocycles. The van der Waals surface area contributed by atoms with Gasteiger partial charge in [0.1, 0.15) is 13.2 Å². The molecule has 122 valence electrons. The van der Waals surface area contributed by atoms with Gasteiger partial charge in [-0.3, -0.25) is 14.9 Å². The largest absolute Gasteiger partial charge is 0.480 e. The molecule has 0 fully saturated rings. The Balaban J connectivity index is 0.00000441. The number of halogens is 1. The second-order valence-corrected chi connectivity index (χ2v) is 3.91. The molecule has 0 saturated heterocycles. The lowest BCUT2D eigenvalue weighted by molar-refractivity contribution is -0.385. The zero-order chi connectivity index (χ0) is 15.8. The van der Waals surface area contributed by atoms with Gasteiger partial charge in [-0.2, -0.15) is 0 Å². The molecule has 0 aliphatic rings. The summed E-state index contributed by atoms with van der Waals surface area (Å²) in [6.45, 7) is 1.10. The summed E-state index contributed by atoms with van der Waals surface area (Å²) in [6.07, 6.45) is -0.808. The van der Waals surface area contributed by atoms with Crippen LogP contribution in [0.1, 0.15) is 12.5 Å². The van der Waals surface area contributed by atoms with E-state index in [0.717, 1.165) is 5.01 Å². The molecule has 22 heavy (non-hydrogen) atoms. The van der Waals surface area contributed by atoms with Crippen molar-refractivity contribution in [3.63, 3.8) is 0 Å². The standard InChI is InChI=1S/C12H15N3O6.ClH/c1-2-14(13-7-11(16)17)12(18)21-8-9-5-3-4-6-10(9)15(19)20;/h3-6,13H,2,7-8H2,1H3,(H,16,17);1H. The maximum absolute atomic E-state index is 11.7. The van der Waals surface area contributed by atoms with Crippen LogP contribution in [-0.2, 0) is 16.1 Å². The van der Waals surface area contributed by atoms with Gasteiger partial charge in [-0.15, -0.1) is 12.4 Å². The molecule has 0 radical (unpaired) electrons. The third kappa shape index (κ3) is 5.94. The maximum atomic E-state index is 11.7. The number of para-hydroxylation sites is 1. The number of benzene rings is 1. The third-order valence-corrected chi connectivity index (χ3v) is 2.50. The van der Waals surface area contributed by atoms with Gasteiger partial charge in [-0.1, -0.05) is 12.1 Å². The van der Waals surface area contributed by atoms with Crippen LogP contribution in [0.2, 0.25) is 0 Å². The van der Waals surface area contributed by atoms with E-state index in [1.807, 2.05) is 0 Å². The van der Waals surface area contributed by atoms with Crippen LogP contribution in [0.15, 0.2) is 24.3 Å². The van der Waals surface area contributed by atoms with E-state index in [2.05, 4.69) is 5.43 Å². The van der Waals surface area contributed by atoms with E-state index < -0.39 is 23.5 Å². The lowest BCUT2D eigenvalue weighted by Gasteiger charge is -2.20. The SMILES string of the molecule is CCN(NCC(=O)O)C(=O)OCc1ccccc1[N+](=O)[O-].Cl. The van der Waals surface area contributed by atoms with Crippen LogP contribution >= 0.6 is 12.4 Å². The van der Waals surface area contributed by atoms with Gasteiger partial charge in [-0.05, 0) is 13.0 Å². The quantitative estimate of drug-likeness (QED) is 0.573. The van der Waals surface area contributed by atoms with Gasteiger partial charge in [0.15, 0.2) is 0 Å². The molecule has 1 rings (SSSR count). The van der Waals surface area contributed by atoms with Gasteiger partial charge in [0.25, 0.3) is 5.69 Å². The van der Waals surface area contributed by atoms with Gasteiger partial charge in [-0.25, -0.2) is 15.2 Å². The summed E-state index contributed by atoms with van der Waals surface area (Å²) in [5.41, 5.74) is 2.48. The monoisotopic (exact) mass is 333 g/mol. The van der Waals surface area contributed by atoms with Crippen LogP contribution in [0.5, 0.6) is 0 Å². The summed E-state index contributed by atoms with van der Waals surface area (Å²) in [5.74, 6) is -1.13. The first kappa shape index (κ1) is 19.6. The number of nitrogens with zero attached hydrogens (tertiary/aromatic N) is 2. The molecule has 9 nitrogen and oxygen atoms in total. The average Bonchev–Trinajstić information content (AvgIpc) is 2.45. The van der Waals surface area contributed by atoms with Gasteiger partial charge >= 0.3 is 12.1 Å². The lowest BCUT2D eigenvalue weighted by Crippen LogP contribution is -2.45. The second kappa shape index (κ2) is 9.53. The van der Waals surface area contributed by atoms with Gasteiger partial charge < -0.3 is 9.84 Å². The van der Waals surface area contributed by atoms with E-state index in [9.17, 15) is 19.7 Å². The fourth-order valence-electron chi connectivity index (χ4n) is 1.50. The molecule has 1 aromatic carbocycles. The summed E-state index contributed by atoms with van der Waals surface area (Å²) < 4.78 is 4.93. The Hall–Kier alpha value is -2.39. The van der Waals surface area contributed by atoms with Crippen LogP contribution in [0.25, 0.3) is 0 Å². The number of carbonyl (C=O) groups excluding carboxylic acids is 1. The Kier molecular flexibility index (Phi) is 8.49. The molecule has 0 saturated carbocycles. The molecule has 1 aromatic rings. The highest BCUT2D eigenvalue weighted by Gasteiger charge is 2.17. The smallest absolute Gasteiger partial charge is 0.424 e. The number of aliphatic carboxylic acids is 1. The number of rotatable bonds is 7. The van der Waals surface area contributed by atoms with Crippen LogP contribution < -0.4 is 5.43 Å². The van der Waals surface area contributed by atoms with Crippen molar-refractivity contribution in [1.82, 2.24) is 10.4 Å². The molecule has 1 amide bonds. The Bertz CT molecular complexity index is 539. The van der Waals surface area contributed by atoms with Crippen LogP contribution in [-0.4, -0.2) is 40.2 Å². The number of nitro groups is 1. The fraction of sp³-hybridized carbons (Fsp3) is 0.333. The van der Waals surface area contributed by atoms with E-state index in [0.29, 0.717) is 0 Å². The van der Waals surface area contributed by atoms with E-state index in [1.165, 1.54) is 18.2 Å². The molecule has 0 bridgehead atoms. The van der Waals surface area contributed by atoms with Crippen molar-refractivity contribution in [2.24, 2.45) is 0 Å². The number of nitro benzene ring substituents is 1. The van der Waals surface area contributed by atoms with E-state index in [4.69, 9.17) is 9.84 Å². The van der Waals surface area contributed by atoms with Crippen molar-refractivity contribution in [2.75, 3.05) is 13.1 Å². The van der Waals surface area contributed by atoms with Crippen LogP contribution in [0.3, 0.4) is 0 Å². The number of nitrogens with one attached hydrogen (secondary N) is 1. The predicted octanol–water partition coefficient (Wildman–Crippen LogP) is 1.56. The van der Waals surface area contributed by atoms with Crippen LogP contribution in [0, 0.1) is 10.1 Å². The minimum atomic E-state index is -1.13. The zero-order valence-corrected chi connectivity index (χ0v) is 12.5. The zero-order valence-electron chi connectivity index (χ0n) is 11.7. The Morgan fingerprint density at radius 2 is 2.05 bits per heavy atom. The second-order valence-electron chi connectivity index (χ2n) is 3.91. The molecule has 0 aromatic heterocycles. The molecule has 0 aliphatic heterocycles. The first-order chi connectivity index (χ1) is 9.95. The molecule has 10 heteroatoms. The molecular formula is C12H16ClN3O6. The number of hydrogen-bond acceptors (Lipinski definition) is 6. The number of carboxylic acids is 1. The minimum Gasteiger partial charge on any atom is -0.480 e. The molecule has 0 unspecified atom stereocenters. The number of carbonyl (C=O) groups is 2. The highest BCUT2D eigenvalue weighted by atomic mass is 35.5. The Labute approximate surface area is 132 Å². The summed E-state index contributed by atoms with van der Waals surface area (Å²) in [6, 6.07) is 5.89. The van der Waals surface area contributed by atoms with Gasteiger partial charge in [0.05, 0.1) is 10.5 Å². The predicted molar refractivity (Wildman–Crippen MR) is 78.5 cm³/mol. The number of amides is 1. The van der Waals surface area contributed by atoms with E-state index >= 15 is 0 Å². The first-order valence-corrected chi connectivity index (χ1v) is 6.07. The normalized spacial score (nSPS) is 9.50. The van der Waals surface area contributed by atoms with Gasteiger partial charge in [0.2, 0.25) is 0 Å². The number of hydrogen-bond donors (Lipinski definition) is 2. The van der Waals surface area contributed by atoms with E-state index in [-0.39, 0.29) is 36.8 Å². The fourth-order valence-corrected chi connectivity index (χ4v) is 1.50. The highest BCUT2D eigenvalue weighted by molar-refractivity contribution is 5.85. The first-order valence-electron chi connectivity index (χ1n) is 6.07. The summed E-state index contributed by atoms with van der Waals surface area (Å²) in [5, 5.41) is 20.3. The Morgan fingerprint density at radius 1 is 1.41 bits per heavy atom. The summed E-state index contributed by atoms with van der Waals surface area (Å²) >= 11 is 0. The average molecular weight is 334 g/mol. The maximum Gasteiger partial charge on any atom is 0.424 e. The number of carboxylic acid groups (broad SMARTS) is 1. The molecular weight excluding hydrogens is 318 g/mol. The van der Waals surface area contributed by atoms with Crippen LogP contribution in [0.4, 0.5) is 10.5 Å². The summed E-state index contributed by atoms with van der Waals surface area (Å²) in [4.78, 5) is 32.4. The number of ether oxygens (including phenoxy) is 1. The van der Waals surface area contributed by atoms with Crippen molar-refractivity contribution in [2.45, 2.75) is 13.5 Å². The molecule has 0 spiro atoms. The van der Waals surface area contributed by atoms with Crippen molar-refractivity contribution in [3.8, 4) is 0 Å². The summed E-state index contributed by atoms with van der Waals surface area (Å²) in [7, 11) is 0. The van der Waals surface area contributed by atoms with Crippen molar-refractivity contribution >= 4 is 30.2 Å². The molecule has 2 N–H and O–H groups in total. The van der Waals surface area contributed by atoms with E-state index in [1.54, 1.807) is 13.0 Å². The highest BCUT2D eigenvalue weighted by Crippen LogP contribution is 2.18. The molecule has 0 atom stereocenters. The minimum absolute atomic E-state index is 0. The number of hydrazine groups is 1. The van der Waals surface area contributed by atoms with Crippen molar-refractivity contribution in [3.05, 3.63) is 39.9 Å². The van der Waals surface area contributed by atoms with Crippen molar-refractivity contribution in [1.29, 1.82) is 0 Å². The van der Waals surface area contributed by atoms with Gasteiger partial charge in [0, 0.05) is 12.6 Å². The Morgan fingerprint density at radius 3 is 2.59 bits per heavy atom. The van der Waals surface area contributed by atoms with Crippen molar-refractivity contribution < 1.29 is 24.4 Å². The molecule has 0 heterocycles. The lowest BCUT2D eigenvalue weighted by atomic mass is 10.2. The third-order valence-electron chi connectivity index (χ3n) is 2.50. The topological polar surface area (TPSA) is 122 Å².